The number of hydrogen-bond donors (Lipinski definition) is 0. The van der Waals surface area contributed by atoms with Crippen LogP contribution in [0.2, 0.25) is 10.0 Å². The lowest BCUT2D eigenvalue weighted by molar-refractivity contribution is -0.119. The number of sulfone groups is 1. The fraction of sp³-hybridized carbons (Fsp3) is 0.552. The number of Topliss-reactive ketones (excluding diaryl/α,β-unsaturated/α-hetero) is 1. The zero-order valence-corrected chi connectivity index (χ0v) is 25.1. The van der Waals surface area contributed by atoms with Crippen molar-refractivity contribution in [1.82, 2.24) is 4.90 Å². The number of ether oxygens (including phenoxy) is 3. The molecule has 0 bridgehead atoms. The van der Waals surface area contributed by atoms with E-state index < -0.39 is 9.84 Å². The zero-order valence-electron chi connectivity index (χ0n) is 22.8. The molecule has 1 atom stereocenters. The third-order valence-corrected chi connectivity index (χ3v) is 9.09. The summed E-state index contributed by atoms with van der Waals surface area (Å²) in [5.41, 5.74) is 3.18. The van der Waals surface area contributed by atoms with Gasteiger partial charge in [-0.25, -0.2) is 8.42 Å². The number of halogens is 2. The third kappa shape index (κ3) is 10.1. The number of hydrogen-bond acceptors (Lipinski definition) is 7. The highest BCUT2D eigenvalue weighted by Gasteiger charge is 2.27. The molecule has 0 N–H and O–H groups in total. The van der Waals surface area contributed by atoms with E-state index in [0.29, 0.717) is 73.8 Å². The van der Waals surface area contributed by atoms with E-state index in [1.807, 2.05) is 32.2 Å². The number of rotatable bonds is 17. The van der Waals surface area contributed by atoms with Gasteiger partial charge in [0.05, 0.1) is 37.1 Å². The van der Waals surface area contributed by atoms with Crippen LogP contribution in [0.1, 0.15) is 55.2 Å². The molecule has 1 unspecified atom stereocenters. The molecule has 0 aromatic heterocycles. The minimum absolute atomic E-state index is 0.0157. The summed E-state index contributed by atoms with van der Waals surface area (Å²) in [6, 6.07) is 10.9. The molecule has 0 saturated carbocycles. The summed E-state index contributed by atoms with van der Waals surface area (Å²) in [6.45, 7) is 6.05. The van der Waals surface area contributed by atoms with Crippen molar-refractivity contribution in [3.8, 4) is 0 Å². The summed E-state index contributed by atoms with van der Waals surface area (Å²) in [5.74, 6) is 0.330. The van der Waals surface area contributed by atoms with Gasteiger partial charge in [-0.15, -0.1) is 0 Å². The topological polar surface area (TPSA) is 82.1 Å². The second-order valence-corrected chi connectivity index (χ2v) is 12.7. The third-order valence-electron chi connectivity index (χ3n) is 6.72. The maximum atomic E-state index is 12.8. The SMILES string of the molecule is CCC(=O)CCCOCCOCCOCCCS(=O)(=O)c1ccc(C2CN(C)Cc3c(Cl)cc(Cl)cc32)cc1. The summed E-state index contributed by atoms with van der Waals surface area (Å²) in [4.78, 5) is 13.7. The Labute approximate surface area is 242 Å². The average molecular weight is 601 g/mol. The van der Waals surface area contributed by atoms with Crippen molar-refractivity contribution < 1.29 is 27.4 Å². The van der Waals surface area contributed by atoms with E-state index in [4.69, 9.17) is 37.4 Å². The van der Waals surface area contributed by atoms with Gasteiger partial charge in [0, 0.05) is 55.1 Å². The number of likely N-dealkylation sites (N-methyl/N-ethyl adjacent to an activating group) is 1. The van der Waals surface area contributed by atoms with Gasteiger partial charge in [0.25, 0.3) is 0 Å². The largest absolute Gasteiger partial charge is 0.379 e. The standard InChI is InChI=1S/C29H39Cl2NO6S/c1-3-24(33)6-4-11-36-13-15-38-16-14-37-12-5-17-39(34,35)25-9-7-22(8-10-25)27-20-32(2)21-28-26(27)18-23(30)19-29(28)31/h7-10,18-19,27H,3-6,11-17,20-21H2,1-2H3. The van der Waals surface area contributed by atoms with Crippen LogP contribution in [0.4, 0.5) is 0 Å². The van der Waals surface area contributed by atoms with E-state index >= 15 is 0 Å². The van der Waals surface area contributed by atoms with Gasteiger partial charge in [0.15, 0.2) is 9.84 Å². The molecule has 1 heterocycles. The lowest BCUT2D eigenvalue weighted by Crippen LogP contribution is -2.31. The van der Waals surface area contributed by atoms with Gasteiger partial charge in [-0.05, 0) is 60.8 Å². The van der Waals surface area contributed by atoms with Gasteiger partial charge < -0.3 is 19.1 Å². The molecule has 0 amide bonds. The molecule has 39 heavy (non-hydrogen) atoms. The molecule has 0 spiro atoms. The van der Waals surface area contributed by atoms with Crippen molar-refractivity contribution in [2.75, 3.05) is 59.0 Å². The lowest BCUT2D eigenvalue weighted by Gasteiger charge is -2.33. The number of benzene rings is 2. The summed E-state index contributed by atoms with van der Waals surface area (Å²) >= 11 is 12.7. The molecule has 0 fully saturated rings. The molecular formula is C29H39Cl2NO6S. The van der Waals surface area contributed by atoms with Crippen LogP contribution in [0.25, 0.3) is 0 Å². The Hall–Kier alpha value is -1.52. The van der Waals surface area contributed by atoms with Gasteiger partial charge in [-0.2, -0.15) is 0 Å². The number of carbonyl (C=O) groups is 1. The first-order chi connectivity index (χ1) is 18.7. The van der Waals surface area contributed by atoms with Crippen molar-refractivity contribution >= 4 is 38.8 Å². The van der Waals surface area contributed by atoms with Crippen molar-refractivity contribution in [3.63, 3.8) is 0 Å². The summed E-state index contributed by atoms with van der Waals surface area (Å²) in [7, 11) is -1.37. The van der Waals surface area contributed by atoms with Crippen LogP contribution in [-0.4, -0.2) is 78.1 Å². The maximum absolute atomic E-state index is 12.8. The molecule has 0 aliphatic carbocycles. The molecule has 1 aliphatic rings. The Bertz CT molecular complexity index is 1170. The molecule has 2 aromatic rings. The van der Waals surface area contributed by atoms with Crippen LogP contribution in [0.15, 0.2) is 41.3 Å². The Morgan fingerprint density at radius 3 is 2.21 bits per heavy atom. The molecule has 3 rings (SSSR count). The number of carbonyl (C=O) groups excluding carboxylic acids is 1. The van der Waals surface area contributed by atoms with Crippen LogP contribution in [0, 0.1) is 0 Å². The Morgan fingerprint density at radius 2 is 1.56 bits per heavy atom. The zero-order chi connectivity index (χ0) is 28.3. The predicted octanol–water partition coefficient (Wildman–Crippen LogP) is 5.54. The van der Waals surface area contributed by atoms with Gasteiger partial charge >= 0.3 is 0 Å². The first kappa shape index (κ1) is 32.0. The monoisotopic (exact) mass is 599 g/mol. The molecule has 7 nitrogen and oxygen atoms in total. The second kappa shape index (κ2) is 16.1. The van der Waals surface area contributed by atoms with E-state index in [2.05, 4.69) is 4.90 Å². The Kier molecular flexibility index (Phi) is 13.2. The molecule has 0 radical (unpaired) electrons. The number of ketones is 1. The second-order valence-electron chi connectivity index (χ2n) is 9.78. The maximum Gasteiger partial charge on any atom is 0.178 e. The van der Waals surface area contributed by atoms with Gasteiger partial charge in [-0.3, -0.25) is 4.79 Å². The molecule has 1 aliphatic heterocycles. The summed E-state index contributed by atoms with van der Waals surface area (Å²) in [5, 5.41) is 1.26. The highest BCUT2D eigenvalue weighted by molar-refractivity contribution is 7.91. The van der Waals surface area contributed by atoms with E-state index in [1.165, 1.54) is 0 Å². The highest BCUT2D eigenvalue weighted by Crippen LogP contribution is 2.38. The van der Waals surface area contributed by atoms with Gasteiger partial charge in [0.1, 0.15) is 5.78 Å². The van der Waals surface area contributed by atoms with Crippen LogP contribution < -0.4 is 0 Å². The summed E-state index contributed by atoms with van der Waals surface area (Å²) < 4.78 is 42.1. The molecule has 10 heteroatoms. The minimum Gasteiger partial charge on any atom is -0.379 e. The van der Waals surface area contributed by atoms with Gasteiger partial charge in [-0.1, -0.05) is 42.3 Å². The van der Waals surface area contributed by atoms with E-state index in [0.717, 1.165) is 36.2 Å². The van der Waals surface area contributed by atoms with Crippen molar-refractivity contribution in [1.29, 1.82) is 0 Å². The van der Waals surface area contributed by atoms with Crippen molar-refractivity contribution in [2.24, 2.45) is 0 Å². The quantitative estimate of drug-likeness (QED) is 0.221. The van der Waals surface area contributed by atoms with Crippen molar-refractivity contribution in [2.45, 2.75) is 50.0 Å². The molecule has 0 saturated heterocycles. The lowest BCUT2D eigenvalue weighted by atomic mass is 9.85. The fourth-order valence-electron chi connectivity index (χ4n) is 4.60. The minimum atomic E-state index is -3.41. The van der Waals surface area contributed by atoms with E-state index in [9.17, 15) is 13.2 Å². The number of fused-ring (bicyclic) bond motifs is 1. The van der Waals surface area contributed by atoms with Crippen LogP contribution >= 0.6 is 23.2 Å². The highest BCUT2D eigenvalue weighted by atomic mass is 35.5. The molecule has 216 valence electrons. The number of nitrogens with zero attached hydrogens (tertiary/aromatic N) is 1. The van der Waals surface area contributed by atoms with E-state index in [1.54, 1.807) is 18.2 Å². The van der Waals surface area contributed by atoms with Gasteiger partial charge in [0.2, 0.25) is 0 Å². The van der Waals surface area contributed by atoms with Crippen LogP contribution in [0.5, 0.6) is 0 Å². The first-order valence-electron chi connectivity index (χ1n) is 13.4. The van der Waals surface area contributed by atoms with Crippen LogP contribution in [-0.2, 0) is 35.4 Å². The predicted molar refractivity (Wildman–Crippen MR) is 155 cm³/mol. The fourth-order valence-corrected chi connectivity index (χ4v) is 6.45. The van der Waals surface area contributed by atoms with Crippen molar-refractivity contribution in [3.05, 3.63) is 63.1 Å². The first-order valence-corrected chi connectivity index (χ1v) is 15.9. The smallest absolute Gasteiger partial charge is 0.178 e. The van der Waals surface area contributed by atoms with Crippen LogP contribution in [0.3, 0.4) is 0 Å². The molecule has 2 aromatic carbocycles. The Morgan fingerprint density at radius 1 is 0.949 bits per heavy atom. The average Bonchev–Trinajstić information content (AvgIpc) is 2.91. The van der Waals surface area contributed by atoms with E-state index in [-0.39, 0.29) is 17.5 Å². The normalized spacial score (nSPS) is 15.8. The molecular weight excluding hydrogens is 561 g/mol. The Balaban J connectivity index is 1.36. The summed E-state index contributed by atoms with van der Waals surface area (Å²) in [6.07, 6.45) is 2.27.